The second kappa shape index (κ2) is 8.57. The average Bonchev–Trinajstić information content (AvgIpc) is 3.29. The molecule has 1 saturated heterocycles. The largest absolute Gasteiger partial charge is 0.327 e. The van der Waals surface area contributed by atoms with Crippen molar-refractivity contribution >= 4 is 56.4 Å². The van der Waals surface area contributed by atoms with Crippen molar-refractivity contribution in [2.75, 3.05) is 22.4 Å². The molecule has 7 nitrogen and oxygen atoms in total. The molecule has 2 aromatic rings. The van der Waals surface area contributed by atoms with E-state index >= 15 is 0 Å². The van der Waals surface area contributed by atoms with Crippen molar-refractivity contribution in [1.29, 1.82) is 0 Å². The van der Waals surface area contributed by atoms with E-state index < -0.39 is 16.1 Å². The number of anilines is 2. The van der Waals surface area contributed by atoms with Crippen molar-refractivity contribution in [3.05, 3.63) is 57.6 Å². The van der Waals surface area contributed by atoms with E-state index in [1.54, 1.807) is 41.3 Å². The molecule has 2 atom stereocenters. The summed E-state index contributed by atoms with van der Waals surface area (Å²) in [6, 6.07) is 8.99. The van der Waals surface area contributed by atoms with Crippen LogP contribution < -0.4 is 9.62 Å². The van der Waals surface area contributed by atoms with E-state index in [-0.39, 0.29) is 17.9 Å². The fourth-order valence-corrected chi connectivity index (χ4v) is 6.33. The van der Waals surface area contributed by atoms with Crippen molar-refractivity contribution in [3.8, 4) is 0 Å². The topological polar surface area (TPSA) is 86.8 Å². The number of halogens is 2. The quantitative estimate of drug-likeness (QED) is 0.695. The summed E-state index contributed by atoms with van der Waals surface area (Å²) in [6.45, 7) is 2.31. The maximum absolute atomic E-state index is 13.3. The summed E-state index contributed by atoms with van der Waals surface area (Å²) in [5.74, 6) is -0.549. The lowest BCUT2D eigenvalue weighted by Crippen LogP contribution is -2.43. The Balaban J connectivity index is 1.54. The summed E-state index contributed by atoms with van der Waals surface area (Å²) in [6.07, 6.45) is 2.97. The first-order valence-corrected chi connectivity index (χ1v) is 12.9. The molecule has 2 aromatic carbocycles. The van der Waals surface area contributed by atoms with Gasteiger partial charge in [0.15, 0.2) is 0 Å². The van der Waals surface area contributed by atoms with Gasteiger partial charge in [0.05, 0.1) is 11.9 Å². The number of amides is 2. The molecule has 0 radical (unpaired) electrons. The summed E-state index contributed by atoms with van der Waals surface area (Å²) in [5.41, 5.74) is 2.32. The van der Waals surface area contributed by atoms with Crippen LogP contribution in [0, 0.1) is 0 Å². The van der Waals surface area contributed by atoms with Gasteiger partial charge in [-0.3, -0.25) is 13.9 Å². The van der Waals surface area contributed by atoms with Crippen LogP contribution in [0.1, 0.15) is 35.7 Å². The Bertz CT molecular complexity index is 1180. The van der Waals surface area contributed by atoms with Crippen LogP contribution >= 0.6 is 23.2 Å². The molecule has 170 valence electrons. The summed E-state index contributed by atoms with van der Waals surface area (Å²) in [4.78, 5) is 27.7. The first-order valence-electron chi connectivity index (χ1n) is 10.2. The number of sulfonamides is 1. The molecule has 32 heavy (non-hydrogen) atoms. The molecule has 0 aromatic heterocycles. The first-order chi connectivity index (χ1) is 15.0. The molecule has 2 heterocycles. The summed E-state index contributed by atoms with van der Waals surface area (Å²) >= 11 is 12.0. The molecule has 1 fully saturated rings. The number of likely N-dealkylation sites (tertiary alicyclic amines) is 1. The Morgan fingerprint density at radius 1 is 1.09 bits per heavy atom. The number of carbonyl (C=O) groups excluding carboxylic acids is 2. The highest BCUT2D eigenvalue weighted by Gasteiger charge is 2.36. The molecule has 0 aliphatic carbocycles. The van der Waals surface area contributed by atoms with Gasteiger partial charge in [0.2, 0.25) is 15.9 Å². The van der Waals surface area contributed by atoms with Crippen LogP contribution in [0.2, 0.25) is 10.0 Å². The Morgan fingerprint density at radius 2 is 1.78 bits per heavy atom. The SMILES string of the molecule is CC1Cc2cc(C(=O)N3CCCC3C(=O)Nc3cc(Cl)cc(Cl)c3)ccc2N1S(C)(=O)=O. The van der Waals surface area contributed by atoms with Crippen LogP contribution in [0.15, 0.2) is 36.4 Å². The highest BCUT2D eigenvalue weighted by atomic mass is 35.5. The lowest BCUT2D eigenvalue weighted by atomic mass is 10.1. The summed E-state index contributed by atoms with van der Waals surface area (Å²) in [7, 11) is -3.40. The fraction of sp³-hybridized carbons (Fsp3) is 0.364. The van der Waals surface area contributed by atoms with Gasteiger partial charge < -0.3 is 10.2 Å². The fourth-order valence-electron chi connectivity index (χ4n) is 4.54. The molecular formula is C22H23Cl2N3O4S. The van der Waals surface area contributed by atoms with Crippen LogP contribution in [0.5, 0.6) is 0 Å². The number of hydrogen-bond acceptors (Lipinski definition) is 4. The Hall–Kier alpha value is -2.29. The zero-order chi connectivity index (χ0) is 23.2. The molecule has 2 aliphatic heterocycles. The molecule has 1 N–H and O–H groups in total. The smallest absolute Gasteiger partial charge is 0.254 e. The zero-order valence-corrected chi connectivity index (χ0v) is 20.0. The minimum atomic E-state index is -3.40. The summed E-state index contributed by atoms with van der Waals surface area (Å²) < 4.78 is 25.7. The molecule has 0 spiro atoms. The predicted octanol–water partition coefficient (Wildman–Crippen LogP) is 3.95. The monoisotopic (exact) mass is 495 g/mol. The van der Waals surface area contributed by atoms with Gasteiger partial charge in [0.25, 0.3) is 5.91 Å². The molecule has 2 amide bonds. The average molecular weight is 496 g/mol. The predicted molar refractivity (Wildman–Crippen MR) is 126 cm³/mol. The standard InChI is InChI=1S/C22H23Cl2N3O4S/c1-13-8-15-9-14(5-6-19(15)27(13)32(2,30)31)22(29)26-7-3-4-20(26)21(28)25-18-11-16(23)10-17(24)12-18/h5-6,9-13,20H,3-4,7-8H2,1-2H3,(H,25,28). The second-order valence-corrected chi connectivity index (χ2v) is 11.0. The van der Waals surface area contributed by atoms with E-state index in [4.69, 9.17) is 23.2 Å². The van der Waals surface area contributed by atoms with E-state index in [1.807, 2.05) is 6.92 Å². The molecule has 0 saturated carbocycles. The van der Waals surface area contributed by atoms with Crippen molar-refractivity contribution in [3.63, 3.8) is 0 Å². The van der Waals surface area contributed by atoms with E-state index in [2.05, 4.69) is 5.32 Å². The molecule has 2 aliphatic rings. The van der Waals surface area contributed by atoms with Crippen LogP contribution in [0.4, 0.5) is 11.4 Å². The van der Waals surface area contributed by atoms with Gasteiger partial charge in [-0.2, -0.15) is 0 Å². The number of fused-ring (bicyclic) bond motifs is 1. The van der Waals surface area contributed by atoms with Gasteiger partial charge in [0.1, 0.15) is 6.04 Å². The maximum Gasteiger partial charge on any atom is 0.254 e. The number of nitrogens with one attached hydrogen (secondary N) is 1. The number of hydrogen-bond donors (Lipinski definition) is 1. The third-order valence-electron chi connectivity index (χ3n) is 5.78. The Labute approximate surface area is 197 Å². The van der Waals surface area contributed by atoms with Crippen LogP contribution in [-0.2, 0) is 21.2 Å². The highest BCUT2D eigenvalue weighted by Crippen LogP contribution is 2.35. The normalized spacial score (nSPS) is 20.4. The third-order valence-corrected chi connectivity index (χ3v) is 7.49. The Morgan fingerprint density at radius 3 is 2.44 bits per heavy atom. The van der Waals surface area contributed by atoms with E-state index in [0.29, 0.717) is 52.8 Å². The van der Waals surface area contributed by atoms with E-state index in [9.17, 15) is 18.0 Å². The van der Waals surface area contributed by atoms with Crippen molar-refractivity contribution in [1.82, 2.24) is 4.90 Å². The van der Waals surface area contributed by atoms with Crippen molar-refractivity contribution in [2.24, 2.45) is 0 Å². The molecule has 2 unspecified atom stereocenters. The number of benzene rings is 2. The minimum absolute atomic E-state index is 0.208. The lowest BCUT2D eigenvalue weighted by molar-refractivity contribution is -0.119. The van der Waals surface area contributed by atoms with Gasteiger partial charge in [-0.05, 0) is 68.1 Å². The second-order valence-electron chi connectivity index (χ2n) is 8.26. The van der Waals surface area contributed by atoms with Crippen LogP contribution in [-0.4, -0.2) is 50.0 Å². The number of rotatable bonds is 4. The first kappa shape index (κ1) is 22.9. The third kappa shape index (κ3) is 4.44. The molecule has 0 bridgehead atoms. The minimum Gasteiger partial charge on any atom is -0.327 e. The van der Waals surface area contributed by atoms with Crippen LogP contribution in [0.25, 0.3) is 0 Å². The van der Waals surface area contributed by atoms with Gasteiger partial charge in [-0.1, -0.05) is 23.2 Å². The van der Waals surface area contributed by atoms with Crippen molar-refractivity contribution in [2.45, 2.75) is 38.3 Å². The van der Waals surface area contributed by atoms with Crippen LogP contribution in [0.3, 0.4) is 0 Å². The zero-order valence-electron chi connectivity index (χ0n) is 17.6. The Kier molecular flexibility index (Phi) is 6.13. The van der Waals surface area contributed by atoms with Gasteiger partial charge in [-0.15, -0.1) is 0 Å². The van der Waals surface area contributed by atoms with E-state index in [1.165, 1.54) is 10.6 Å². The molecular weight excluding hydrogens is 473 g/mol. The van der Waals surface area contributed by atoms with Crippen molar-refractivity contribution < 1.29 is 18.0 Å². The maximum atomic E-state index is 13.3. The lowest BCUT2D eigenvalue weighted by Gasteiger charge is -2.25. The highest BCUT2D eigenvalue weighted by molar-refractivity contribution is 7.92. The van der Waals surface area contributed by atoms with E-state index in [0.717, 1.165) is 5.56 Å². The van der Waals surface area contributed by atoms with Gasteiger partial charge in [0, 0.05) is 33.9 Å². The number of nitrogens with zero attached hydrogens (tertiary/aromatic N) is 2. The number of carbonyl (C=O) groups is 2. The van der Waals surface area contributed by atoms with Gasteiger partial charge in [-0.25, -0.2) is 8.42 Å². The summed E-state index contributed by atoms with van der Waals surface area (Å²) in [5, 5.41) is 3.61. The molecule has 4 rings (SSSR count). The van der Waals surface area contributed by atoms with Gasteiger partial charge >= 0.3 is 0 Å². The molecule has 10 heteroatoms.